The van der Waals surface area contributed by atoms with Gasteiger partial charge in [-0.05, 0) is 12.1 Å². The molecule has 2 aliphatic rings. The molecule has 1 saturated heterocycles. The first kappa shape index (κ1) is 14.3. The lowest BCUT2D eigenvalue weighted by molar-refractivity contribution is 0.0571. The molecule has 2 aromatic rings. The molecule has 2 aliphatic heterocycles. The van der Waals surface area contributed by atoms with Gasteiger partial charge in [-0.15, -0.1) is 0 Å². The van der Waals surface area contributed by atoms with Crippen LogP contribution in [0.15, 0.2) is 42.9 Å². The van der Waals surface area contributed by atoms with E-state index in [0.29, 0.717) is 6.61 Å². The van der Waals surface area contributed by atoms with Gasteiger partial charge in [-0.3, -0.25) is 9.88 Å². The summed E-state index contributed by atoms with van der Waals surface area (Å²) in [6, 6.07) is 7.86. The van der Waals surface area contributed by atoms with E-state index in [1.54, 1.807) is 12.4 Å². The zero-order chi connectivity index (χ0) is 15.5. The van der Waals surface area contributed by atoms with Crippen LogP contribution in [0.5, 0.6) is 11.5 Å². The molecule has 0 spiro atoms. The molecule has 0 aliphatic carbocycles. The molecule has 0 radical (unpaired) electrons. The monoisotopic (exact) mass is 312 g/mol. The normalized spacial score (nSPS) is 21.2. The van der Waals surface area contributed by atoms with Crippen molar-refractivity contribution in [2.75, 3.05) is 44.2 Å². The Morgan fingerprint density at radius 3 is 2.65 bits per heavy atom. The molecule has 0 saturated carbocycles. The van der Waals surface area contributed by atoms with Crippen molar-refractivity contribution < 1.29 is 9.47 Å². The van der Waals surface area contributed by atoms with Crippen molar-refractivity contribution in [2.24, 2.45) is 0 Å². The Morgan fingerprint density at radius 2 is 1.87 bits per heavy atom. The predicted octanol–water partition coefficient (Wildman–Crippen LogP) is 1.44. The fourth-order valence-corrected chi connectivity index (χ4v) is 3.06. The number of ether oxygens (including phenoxy) is 2. The summed E-state index contributed by atoms with van der Waals surface area (Å²) in [5.74, 6) is 2.65. The number of benzene rings is 1. The van der Waals surface area contributed by atoms with Crippen molar-refractivity contribution in [1.82, 2.24) is 14.9 Å². The van der Waals surface area contributed by atoms with E-state index in [1.807, 2.05) is 30.5 Å². The third-order valence-corrected chi connectivity index (χ3v) is 4.28. The van der Waals surface area contributed by atoms with Crippen molar-refractivity contribution >= 4 is 5.82 Å². The van der Waals surface area contributed by atoms with Crippen LogP contribution in [-0.4, -0.2) is 60.3 Å². The number of hydrogen-bond acceptors (Lipinski definition) is 6. The maximum absolute atomic E-state index is 6.04. The van der Waals surface area contributed by atoms with E-state index in [9.17, 15) is 0 Å². The predicted molar refractivity (Wildman–Crippen MR) is 87.0 cm³/mol. The number of fused-ring (bicyclic) bond motifs is 1. The van der Waals surface area contributed by atoms with Gasteiger partial charge in [-0.1, -0.05) is 12.1 Å². The molecule has 120 valence electrons. The minimum Gasteiger partial charge on any atom is -0.486 e. The molecule has 1 unspecified atom stereocenters. The van der Waals surface area contributed by atoms with E-state index >= 15 is 0 Å². The topological polar surface area (TPSA) is 50.7 Å². The minimum atomic E-state index is 0.0907. The van der Waals surface area contributed by atoms with Crippen LogP contribution in [0.3, 0.4) is 0 Å². The van der Waals surface area contributed by atoms with Crippen LogP contribution in [0.25, 0.3) is 0 Å². The van der Waals surface area contributed by atoms with Gasteiger partial charge in [-0.2, -0.15) is 0 Å². The first-order valence-corrected chi connectivity index (χ1v) is 8.00. The molecule has 23 heavy (non-hydrogen) atoms. The smallest absolute Gasteiger partial charge is 0.161 e. The molecule has 4 rings (SSSR count). The molecule has 3 heterocycles. The fraction of sp³-hybridized carbons (Fsp3) is 0.412. The summed E-state index contributed by atoms with van der Waals surface area (Å²) >= 11 is 0. The number of nitrogens with zero attached hydrogens (tertiary/aromatic N) is 4. The highest BCUT2D eigenvalue weighted by Gasteiger charge is 2.25. The van der Waals surface area contributed by atoms with Gasteiger partial charge >= 0.3 is 0 Å². The minimum absolute atomic E-state index is 0.0907. The van der Waals surface area contributed by atoms with Gasteiger partial charge in [-0.25, -0.2) is 4.98 Å². The van der Waals surface area contributed by atoms with Crippen LogP contribution in [0.1, 0.15) is 0 Å². The average molecular weight is 312 g/mol. The van der Waals surface area contributed by atoms with E-state index in [2.05, 4.69) is 19.8 Å². The van der Waals surface area contributed by atoms with Gasteiger partial charge in [0.2, 0.25) is 0 Å². The number of rotatable bonds is 3. The van der Waals surface area contributed by atoms with Crippen LogP contribution in [-0.2, 0) is 0 Å². The third kappa shape index (κ3) is 3.22. The highest BCUT2D eigenvalue weighted by molar-refractivity contribution is 5.40. The van der Waals surface area contributed by atoms with Crippen LogP contribution >= 0.6 is 0 Å². The van der Waals surface area contributed by atoms with Crippen LogP contribution < -0.4 is 14.4 Å². The molecule has 1 fully saturated rings. The maximum atomic E-state index is 6.04. The van der Waals surface area contributed by atoms with Crippen molar-refractivity contribution in [3.8, 4) is 11.5 Å². The Kier molecular flexibility index (Phi) is 3.98. The Hall–Kier alpha value is -2.34. The van der Waals surface area contributed by atoms with E-state index in [4.69, 9.17) is 9.47 Å². The summed E-state index contributed by atoms with van der Waals surface area (Å²) in [5, 5.41) is 0. The summed E-state index contributed by atoms with van der Waals surface area (Å²) in [7, 11) is 0. The Morgan fingerprint density at radius 1 is 1.04 bits per heavy atom. The Labute approximate surface area is 135 Å². The third-order valence-electron chi connectivity index (χ3n) is 4.28. The second kappa shape index (κ2) is 6.42. The number of anilines is 1. The lowest BCUT2D eigenvalue weighted by Crippen LogP contribution is -2.50. The van der Waals surface area contributed by atoms with Crippen molar-refractivity contribution in [3.63, 3.8) is 0 Å². The summed E-state index contributed by atoms with van der Waals surface area (Å²) in [6.45, 7) is 5.42. The molecule has 6 heteroatoms. The second-order valence-electron chi connectivity index (χ2n) is 5.85. The number of hydrogen-bond donors (Lipinski definition) is 0. The van der Waals surface area contributed by atoms with Crippen molar-refractivity contribution in [1.29, 1.82) is 0 Å². The van der Waals surface area contributed by atoms with Gasteiger partial charge in [0.15, 0.2) is 11.5 Å². The van der Waals surface area contributed by atoms with E-state index in [1.165, 1.54) is 0 Å². The van der Waals surface area contributed by atoms with E-state index in [-0.39, 0.29) is 6.10 Å². The largest absolute Gasteiger partial charge is 0.486 e. The van der Waals surface area contributed by atoms with Crippen molar-refractivity contribution in [3.05, 3.63) is 42.9 Å². The highest BCUT2D eigenvalue weighted by Crippen LogP contribution is 2.31. The van der Waals surface area contributed by atoms with Gasteiger partial charge < -0.3 is 14.4 Å². The quantitative estimate of drug-likeness (QED) is 0.855. The average Bonchev–Trinajstić information content (AvgIpc) is 2.63. The standard InChI is InChI=1S/C17H20N4O2/c1-2-4-16-15(3-1)22-13-14(23-16)12-20-7-9-21(10-8-20)17-11-18-5-6-19-17/h1-6,11,14H,7-10,12-13H2. The molecule has 1 aromatic heterocycles. The van der Waals surface area contributed by atoms with Crippen LogP contribution in [0, 0.1) is 0 Å². The first-order valence-electron chi connectivity index (χ1n) is 8.00. The molecule has 0 bridgehead atoms. The van der Waals surface area contributed by atoms with Crippen LogP contribution in [0.4, 0.5) is 5.82 Å². The highest BCUT2D eigenvalue weighted by atomic mass is 16.6. The fourth-order valence-electron chi connectivity index (χ4n) is 3.06. The Bertz CT molecular complexity index is 644. The summed E-state index contributed by atoms with van der Waals surface area (Å²) in [4.78, 5) is 13.2. The zero-order valence-electron chi connectivity index (χ0n) is 13.0. The van der Waals surface area contributed by atoms with Gasteiger partial charge in [0.25, 0.3) is 0 Å². The SMILES string of the molecule is c1ccc2c(c1)OCC(CN1CCN(c3cnccn3)CC1)O2. The molecular weight excluding hydrogens is 292 g/mol. The lowest BCUT2D eigenvalue weighted by Gasteiger charge is -2.37. The van der Waals surface area contributed by atoms with E-state index in [0.717, 1.165) is 50.0 Å². The maximum Gasteiger partial charge on any atom is 0.161 e. The Balaban J connectivity index is 1.30. The van der Waals surface area contributed by atoms with Crippen LogP contribution in [0.2, 0.25) is 0 Å². The molecular formula is C17H20N4O2. The second-order valence-corrected chi connectivity index (χ2v) is 5.85. The van der Waals surface area contributed by atoms with Crippen molar-refractivity contribution in [2.45, 2.75) is 6.10 Å². The zero-order valence-corrected chi connectivity index (χ0v) is 13.0. The summed E-state index contributed by atoms with van der Waals surface area (Å²) < 4.78 is 11.8. The first-order chi connectivity index (χ1) is 11.4. The number of para-hydroxylation sites is 2. The lowest BCUT2D eigenvalue weighted by atomic mass is 10.2. The van der Waals surface area contributed by atoms with Gasteiger partial charge in [0.05, 0.1) is 6.20 Å². The summed E-state index contributed by atoms with van der Waals surface area (Å²) in [6.07, 6.45) is 5.36. The molecule has 1 atom stereocenters. The number of aromatic nitrogens is 2. The molecule has 1 aromatic carbocycles. The van der Waals surface area contributed by atoms with Gasteiger partial charge in [0.1, 0.15) is 18.5 Å². The number of piperazine rings is 1. The summed E-state index contributed by atoms with van der Waals surface area (Å²) in [5.41, 5.74) is 0. The van der Waals surface area contributed by atoms with E-state index < -0.39 is 0 Å². The molecule has 0 amide bonds. The molecule has 6 nitrogen and oxygen atoms in total. The molecule has 0 N–H and O–H groups in total. The van der Waals surface area contributed by atoms with Gasteiger partial charge in [0, 0.05) is 45.1 Å².